The summed E-state index contributed by atoms with van der Waals surface area (Å²) in [7, 11) is 2.18. The molecule has 0 heterocycles. The molecular weight excluding hydrogens is 470 g/mol. The molecule has 210 valence electrons. The molecule has 39 heavy (non-hydrogen) atoms. The van der Waals surface area contributed by atoms with Gasteiger partial charge < -0.3 is 4.90 Å². The van der Waals surface area contributed by atoms with Crippen LogP contribution in [0.25, 0.3) is 0 Å². The fourth-order valence-electron chi connectivity index (χ4n) is 5.33. The number of hydrogen-bond donors (Lipinski definition) is 0. The molecule has 2 aromatic rings. The van der Waals surface area contributed by atoms with Gasteiger partial charge in [-0.25, -0.2) is 0 Å². The van der Waals surface area contributed by atoms with Gasteiger partial charge in [-0.15, -0.1) is 0 Å². The largest absolute Gasteiger partial charge is 0.354 e. The van der Waals surface area contributed by atoms with Crippen LogP contribution < -0.4 is 0 Å². The van der Waals surface area contributed by atoms with Crippen LogP contribution in [0.4, 0.5) is 0 Å². The third-order valence-electron chi connectivity index (χ3n) is 7.99. The first-order valence-electron chi connectivity index (χ1n) is 14.6. The molecule has 0 amide bonds. The molecule has 1 aliphatic rings. The minimum absolute atomic E-state index is 0.111. The summed E-state index contributed by atoms with van der Waals surface area (Å²) in [5.41, 5.74) is 7.19. The Morgan fingerprint density at radius 3 is 2.03 bits per heavy atom. The highest BCUT2D eigenvalue weighted by molar-refractivity contribution is 5.36. The van der Waals surface area contributed by atoms with E-state index in [0.29, 0.717) is 11.8 Å². The maximum absolute atomic E-state index is 4.02. The molecule has 0 N–H and O–H groups in total. The second kappa shape index (κ2) is 14.9. The summed E-state index contributed by atoms with van der Waals surface area (Å²) < 4.78 is 0. The summed E-state index contributed by atoms with van der Waals surface area (Å²) in [6.45, 7) is 23.6. The molecule has 0 aromatic heterocycles. The molecule has 0 fully saturated rings. The van der Waals surface area contributed by atoms with Gasteiger partial charge in [-0.3, -0.25) is 0 Å². The topological polar surface area (TPSA) is 3.24 Å². The standard InChI is InChI=1S/C24H35N.C14H18/c1-8-20(23(4,5)6)18-25(7)22-15-12-16-24(17-22,19(2)3)21-13-10-9-11-14-21;1-4-8-14(12(2)3)11-13-9-6-5-7-10-13/h8-11,13-14,17-19H,1,12,15-16H2,2-7H3;4-10,12H,1,11H2,2-3H3/b20-18+;14-8+/t24-;/m1./s1. The Balaban J connectivity index is 0.000000322. The summed E-state index contributed by atoms with van der Waals surface area (Å²) in [6, 6.07) is 21.6. The van der Waals surface area contributed by atoms with Crippen molar-refractivity contribution in [3.63, 3.8) is 0 Å². The number of rotatable bonds is 9. The zero-order valence-electron chi connectivity index (χ0n) is 26.0. The van der Waals surface area contributed by atoms with E-state index in [-0.39, 0.29) is 10.8 Å². The zero-order chi connectivity index (χ0) is 29.1. The van der Waals surface area contributed by atoms with Crippen LogP contribution in [0.3, 0.4) is 0 Å². The second-order valence-electron chi connectivity index (χ2n) is 12.5. The Kier molecular flexibility index (Phi) is 12.3. The molecule has 0 saturated carbocycles. The van der Waals surface area contributed by atoms with Crippen LogP contribution in [0.1, 0.15) is 78.9 Å². The average molecular weight is 524 g/mol. The van der Waals surface area contributed by atoms with Gasteiger partial charge in [0.1, 0.15) is 0 Å². The van der Waals surface area contributed by atoms with Gasteiger partial charge in [-0.05, 0) is 59.6 Å². The van der Waals surface area contributed by atoms with Crippen LogP contribution in [0.2, 0.25) is 0 Å². The predicted octanol–water partition coefficient (Wildman–Crippen LogP) is 10.7. The Morgan fingerprint density at radius 2 is 1.54 bits per heavy atom. The number of allylic oxidation sites excluding steroid dienone is 7. The van der Waals surface area contributed by atoms with Crippen molar-refractivity contribution in [2.45, 2.75) is 79.6 Å². The lowest BCUT2D eigenvalue weighted by atomic mass is 9.65. The van der Waals surface area contributed by atoms with Crippen LogP contribution in [0.5, 0.6) is 0 Å². The van der Waals surface area contributed by atoms with Gasteiger partial charge in [0.2, 0.25) is 0 Å². The minimum atomic E-state index is 0.111. The first kappa shape index (κ1) is 32.2. The normalized spacial score (nSPS) is 18.3. The van der Waals surface area contributed by atoms with Crippen LogP contribution in [0.15, 0.2) is 121 Å². The molecule has 2 aromatic carbocycles. The SMILES string of the molecule is C=C/C(=C\N(C)C1=C[C@@](c2ccccc2)(C(C)C)CCC1)C(C)(C)C.C=C/C=C(\Cc1ccccc1)C(C)C. The predicted molar refractivity (Wildman–Crippen MR) is 174 cm³/mol. The monoisotopic (exact) mass is 523 g/mol. The van der Waals surface area contributed by atoms with Gasteiger partial charge in [0.05, 0.1) is 0 Å². The maximum Gasteiger partial charge on any atom is 0.0175 e. The molecule has 1 aliphatic carbocycles. The molecule has 0 saturated heterocycles. The van der Waals surface area contributed by atoms with E-state index in [2.05, 4.69) is 153 Å². The van der Waals surface area contributed by atoms with Crippen molar-refractivity contribution in [3.05, 3.63) is 132 Å². The minimum Gasteiger partial charge on any atom is -0.354 e. The first-order chi connectivity index (χ1) is 18.4. The number of nitrogens with zero attached hydrogens (tertiary/aromatic N) is 1. The maximum atomic E-state index is 4.02. The Hall–Kier alpha value is -3.06. The average Bonchev–Trinajstić information content (AvgIpc) is 2.92. The third kappa shape index (κ3) is 9.27. The molecule has 3 rings (SSSR count). The van der Waals surface area contributed by atoms with Crippen molar-refractivity contribution in [1.82, 2.24) is 4.90 Å². The molecule has 0 aliphatic heterocycles. The fraction of sp³-hybridized carbons (Fsp3) is 0.421. The van der Waals surface area contributed by atoms with E-state index < -0.39 is 0 Å². The summed E-state index contributed by atoms with van der Waals surface area (Å²) in [5.74, 6) is 1.16. The first-order valence-corrected chi connectivity index (χ1v) is 14.6. The van der Waals surface area contributed by atoms with E-state index in [0.717, 1.165) is 12.8 Å². The van der Waals surface area contributed by atoms with Crippen LogP contribution in [0, 0.1) is 17.3 Å². The lowest BCUT2D eigenvalue weighted by molar-refractivity contribution is 0.315. The van der Waals surface area contributed by atoms with E-state index in [1.165, 1.54) is 40.8 Å². The van der Waals surface area contributed by atoms with Crippen molar-refractivity contribution in [3.8, 4) is 0 Å². The van der Waals surface area contributed by atoms with Crippen molar-refractivity contribution >= 4 is 0 Å². The van der Waals surface area contributed by atoms with Gasteiger partial charge in [-0.1, -0.05) is 152 Å². The highest BCUT2D eigenvalue weighted by atomic mass is 15.1. The van der Waals surface area contributed by atoms with Crippen molar-refractivity contribution in [2.75, 3.05) is 7.05 Å². The van der Waals surface area contributed by atoms with Gasteiger partial charge in [-0.2, -0.15) is 0 Å². The highest BCUT2D eigenvalue weighted by Gasteiger charge is 2.36. The molecule has 0 bridgehead atoms. The lowest BCUT2D eigenvalue weighted by Crippen LogP contribution is -2.34. The zero-order valence-corrected chi connectivity index (χ0v) is 26.0. The van der Waals surface area contributed by atoms with E-state index in [9.17, 15) is 0 Å². The molecular formula is C38H53N. The van der Waals surface area contributed by atoms with Gasteiger partial charge in [0, 0.05) is 24.4 Å². The van der Waals surface area contributed by atoms with Crippen molar-refractivity contribution in [1.29, 1.82) is 0 Å². The molecule has 0 unspecified atom stereocenters. The lowest BCUT2D eigenvalue weighted by Gasteiger charge is -2.41. The molecule has 1 heteroatoms. The summed E-state index contributed by atoms with van der Waals surface area (Å²) in [5, 5.41) is 0. The van der Waals surface area contributed by atoms with Gasteiger partial charge in [0.25, 0.3) is 0 Å². The van der Waals surface area contributed by atoms with E-state index in [4.69, 9.17) is 0 Å². The van der Waals surface area contributed by atoms with E-state index in [1.807, 2.05) is 12.2 Å². The van der Waals surface area contributed by atoms with E-state index >= 15 is 0 Å². The summed E-state index contributed by atoms with van der Waals surface area (Å²) in [4.78, 5) is 2.32. The smallest absolute Gasteiger partial charge is 0.0175 e. The van der Waals surface area contributed by atoms with Crippen molar-refractivity contribution < 1.29 is 0 Å². The van der Waals surface area contributed by atoms with Crippen LogP contribution >= 0.6 is 0 Å². The highest BCUT2D eigenvalue weighted by Crippen LogP contribution is 2.44. The Labute approximate surface area is 240 Å². The Morgan fingerprint density at radius 1 is 0.949 bits per heavy atom. The summed E-state index contributed by atoms with van der Waals surface area (Å²) >= 11 is 0. The van der Waals surface area contributed by atoms with Crippen LogP contribution in [-0.2, 0) is 11.8 Å². The van der Waals surface area contributed by atoms with Crippen molar-refractivity contribution in [2.24, 2.45) is 17.3 Å². The quantitative estimate of drug-likeness (QED) is 0.295. The summed E-state index contributed by atoms with van der Waals surface area (Å²) in [6.07, 6.45) is 15.4. The van der Waals surface area contributed by atoms with Crippen LogP contribution in [-0.4, -0.2) is 11.9 Å². The third-order valence-corrected chi connectivity index (χ3v) is 7.99. The fourth-order valence-corrected chi connectivity index (χ4v) is 5.33. The van der Waals surface area contributed by atoms with E-state index in [1.54, 1.807) is 0 Å². The number of benzene rings is 2. The van der Waals surface area contributed by atoms with Gasteiger partial charge >= 0.3 is 0 Å². The molecule has 0 radical (unpaired) electrons. The molecule has 0 spiro atoms. The Bertz CT molecular complexity index is 1120. The second-order valence-corrected chi connectivity index (χ2v) is 12.5. The number of hydrogen-bond acceptors (Lipinski definition) is 1. The molecule has 1 atom stereocenters. The van der Waals surface area contributed by atoms with Gasteiger partial charge in [0.15, 0.2) is 0 Å². The molecule has 1 nitrogen and oxygen atoms in total.